The summed E-state index contributed by atoms with van der Waals surface area (Å²) < 4.78 is 1.77. The maximum atomic E-state index is 12.6. The second kappa shape index (κ2) is 7.99. The number of nitrogens with two attached hydrogens (primary N) is 1. The second-order valence-corrected chi connectivity index (χ2v) is 7.78. The zero-order chi connectivity index (χ0) is 18.8. The van der Waals surface area contributed by atoms with Crippen LogP contribution in [-0.2, 0) is 11.2 Å². The largest absolute Gasteiger partial charge is 0.353 e. The van der Waals surface area contributed by atoms with E-state index in [0.717, 1.165) is 41.9 Å². The lowest BCUT2D eigenvalue weighted by Crippen LogP contribution is -2.40. The molecule has 2 atom stereocenters. The van der Waals surface area contributed by atoms with Gasteiger partial charge in [0.15, 0.2) is 0 Å². The lowest BCUT2D eigenvalue weighted by Gasteiger charge is -2.19. The summed E-state index contributed by atoms with van der Waals surface area (Å²) in [4.78, 5) is 12.6. The Balaban J connectivity index is 1.79. The van der Waals surface area contributed by atoms with Crippen molar-refractivity contribution < 1.29 is 4.79 Å². The second-order valence-electron chi connectivity index (χ2n) is 6.93. The Morgan fingerprint density at radius 2 is 2.12 bits per heavy atom. The third-order valence-electron chi connectivity index (χ3n) is 5.22. The molecule has 1 aromatic carbocycles. The van der Waals surface area contributed by atoms with Crippen LogP contribution in [0.3, 0.4) is 0 Å². The first-order chi connectivity index (χ1) is 12.4. The summed E-state index contributed by atoms with van der Waals surface area (Å²) in [5, 5.41) is 8.83. The number of halogens is 2. The van der Waals surface area contributed by atoms with Gasteiger partial charge in [-0.2, -0.15) is 5.10 Å². The van der Waals surface area contributed by atoms with Crippen molar-refractivity contribution in [2.24, 2.45) is 11.7 Å². The van der Waals surface area contributed by atoms with Gasteiger partial charge in [-0.1, -0.05) is 29.6 Å². The minimum Gasteiger partial charge on any atom is -0.353 e. The van der Waals surface area contributed by atoms with E-state index in [9.17, 15) is 4.79 Å². The Morgan fingerprint density at radius 3 is 2.81 bits per heavy atom. The van der Waals surface area contributed by atoms with Crippen LogP contribution in [0.25, 0.3) is 5.69 Å². The standard InChI is InChI=1S/C19H24Cl2N4O/c1-11-15(9-19(26)23-17-5-3-4-13(17)10-22)12(2)25(24-11)18-7-6-14(20)8-16(18)21/h6-8,13,17H,3-5,9-10,22H2,1-2H3,(H,23,26). The molecule has 2 unspecified atom stereocenters. The molecule has 1 fully saturated rings. The van der Waals surface area contributed by atoms with E-state index in [0.29, 0.717) is 28.9 Å². The number of nitrogens with zero attached hydrogens (tertiary/aromatic N) is 2. The average Bonchev–Trinajstić information content (AvgIpc) is 3.14. The van der Waals surface area contributed by atoms with Gasteiger partial charge in [-0.25, -0.2) is 4.68 Å². The zero-order valence-electron chi connectivity index (χ0n) is 15.1. The Hall–Kier alpha value is -1.56. The molecule has 26 heavy (non-hydrogen) atoms. The molecule has 5 nitrogen and oxygen atoms in total. The summed E-state index contributed by atoms with van der Waals surface area (Å²) in [6.07, 6.45) is 3.52. The number of amides is 1. The predicted octanol–water partition coefficient (Wildman–Crippen LogP) is 3.58. The molecule has 3 rings (SSSR count). The molecule has 7 heteroatoms. The van der Waals surface area contributed by atoms with Crippen LogP contribution < -0.4 is 11.1 Å². The fraction of sp³-hybridized carbons (Fsp3) is 0.474. The highest BCUT2D eigenvalue weighted by Crippen LogP contribution is 2.28. The molecule has 0 radical (unpaired) electrons. The molecule has 1 amide bonds. The molecule has 0 saturated heterocycles. The number of benzene rings is 1. The van der Waals surface area contributed by atoms with Crippen molar-refractivity contribution in [1.82, 2.24) is 15.1 Å². The Bertz CT molecular complexity index is 818. The summed E-state index contributed by atoms with van der Waals surface area (Å²) in [5.41, 5.74) is 9.22. The number of carbonyl (C=O) groups excluding carboxylic acids is 1. The quantitative estimate of drug-likeness (QED) is 0.813. The predicted molar refractivity (Wildman–Crippen MR) is 105 cm³/mol. The topological polar surface area (TPSA) is 72.9 Å². The summed E-state index contributed by atoms with van der Waals surface area (Å²) in [6, 6.07) is 5.49. The monoisotopic (exact) mass is 394 g/mol. The highest BCUT2D eigenvalue weighted by atomic mass is 35.5. The van der Waals surface area contributed by atoms with Crippen LogP contribution in [0.2, 0.25) is 10.0 Å². The van der Waals surface area contributed by atoms with Crippen molar-refractivity contribution in [3.63, 3.8) is 0 Å². The highest BCUT2D eigenvalue weighted by molar-refractivity contribution is 6.35. The van der Waals surface area contributed by atoms with Gasteiger partial charge in [0, 0.05) is 22.3 Å². The molecular formula is C19H24Cl2N4O. The van der Waals surface area contributed by atoms with E-state index in [2.05, 4.69) is 10.4 Å². The summed E-state index contributed by atoms with van der Waals surface area (Å²) in [5.74, 6) is 0.403. The molecular weight excluding hydrogens is 371 g/mol. The van der Waals surface area contributed by atoms with E-state index < -0.39 is 0 Å². The fourth-order valence-corrected chi connectivity index (χ4v) is 4.23. The van der Waals surface area contributed by atoms with Crippen LogP contribution in [0.5, 0.6) is 0 Å². The molecule has 3 N–H and O–H groups in total. The van der Waals surface area contributed by atoms with E-state index in [1.807, 2.05) is 19.9 Å². The molecule has 0 bridgehead atoms. The third-order valence-corrected chi connectivity index (χ3v) is 5.76. The fourth-order valence-electron chi connectivity index (χ4n) is 3.75. The zero-order valence-corrected chi connectivity index (χ0v) is 16.6. The van der Waals surface area contributed by atoms with Crippen LogP contribution in [0.4, 0.5) is 0 Å². The van der Waals surface area contributed by atoms with E-state index in [4.69, 9.17) is 28.9 Å². The van der Waals surface area contributed by atoms with Gasteiger partial charge >= 0.3 is 0 Å². The van der Waals surface area contributed by atoms with Crippen LogP contribution in [0.1, 0.15) is 36.2 Å². The first-order valence-corrected chi connectivity index (χ1v) is 9.66. The van der Waals surface area contributed by atoms with Gasteiger partial charge in [0.1, 0.15) is 0 Å². The van der Waals surface area contributed by atoms with Crippen molar-refractivity contribution in [1.29, 1.82) is 0 Å². The molecule has 1 aliphatic carbocycles. The number of hydrogen-bond acceptors (Lipinski definition) is 3. The van der Waals surface area contributed by atoms with E-state index in [-0.39, 0.29) is 11.9 Å². The molecule has 1 heterocycles. The molecule has 1 saturated carbocycles. The van der Waals surface area contributed by atoms with Crippen molar-refractivity contribution in [3.05, 3.63) is 45.2 Å². The van der Waals surface area contributed by atoms with Crippen LogP contribution in [0.15, 0.2) is 18.2 Å². The number of hydrogen-bond donors (Lipinski definition) is 2. The Labute approximate surface area is 163 Å². The minimum atomic E-state index is 0.0169. The summed E-state index contributed by atoms with van der Waals surface area (Å²) >= 11 is 12.3. The number of carbonyl (C=O) groups is 1. The van der Waals surface area contributed by atoms with Crippen LogP contribution >= 0.6 is 23.2 Å². The van der Waals surface area contributed by atoms with Gasteiger partial charge < -0.3 is 11.1 Å². The molecule has 0 spiro atoms. The SMILES string of the molecule is Cc1nn(-c2ccc(Cl)cc2Cl)c(C)c1CC(=O)NC1CCCC1CN. The Morgan fingerprint density at radius 1 is 1.35 bits per heavy atom. The van der Waals surface area contributed by atoms with Gasteiger partial charge in [-0.3, -0.25) is 4.79 Å². The molecule has 1 aliphatic rings. The van der Waals surface area contributed by atoms with Crippen LogP contribution in [0, 0.1) is 19.8 Å². The average molecular weight is 395 g/mol. The highest BCUT2D eigenvalue weighted by Gasteiger charge is 2.28. The van der Waals surface area contributed by atoms with Crippen LogP contribution in [-0.4, -0.2) is 28.3 Å². The summed E-state index contributed by atoms with van der Waals surface area (Å²) in [7, 11) is 0. The number of nitrogens with one attached hydrogen (secondary N) is 1. The lowest BCUT2D eigenvalue weighted by atomic mass is 10.0. The first kappa shape index (κ1) is 19.2. The smallest absolute Gasteiger partial charge is 0.224 e. The molecule has 0 aliphatic heterocycles. The van der Waals surface area contributed by atoms with Crippen molar-refractivity contribution in [3.8, 4) is 5.69 Å². The maximum absolute atomic E-state index is 12.6. The summed E-state index contributed by atoms with van der Waals surface area (Å²) in [6.45, 7) is 4.48. The first-order valence-electron chi connectivity index (χ1n) is 8.90. The number of aryl methyl sites for hydroxylation is 1. The minimum absolute atomic E-state index is 0.0169. The van der Waals surface area contributed by atoms with E-state index in [1.54, 1.807) is 16.8 Å². The Kier molecular flexibility index (Phi) is 5.90. The van der Waals surface area contributed by atoms with Gasteiger partial charge in [-0.15, -0.1) is 0 Å². The molecule has 2 aromatic rings. The normalized spacial score (nSPS) is 19.7. The van der Waals surface area contributed by atoms with Crippen molar-refractivity contribution in [2.75, 3.05) is 6.54 Å². The molecule has 1 aromatic heterocycles. The molecule has 140 valence electrons. The maximum Gasteiger partial charge on any atom is 0.224 e. The van der Waals surface area contributed by atoms with Gasteiger partial charge in [0.2, 0.25) is 5.91 Å². The van der Waals surface area contributed by atoms with E-state index in [1.165, 1.54) is 0 Å². The van der Waals surface area contributed by atoms with E-state index >= 15 is 0 Å². The number of aromatic nitrogens is 2. The lowest BCUT2D eigenvalue weighted by molar-refractivity contribution is -0.121. The van der Waals surface area contributed by atoms with Gasteiger partial charge in [0.05, 0.1) is 22.8 Å². The van der Waals surface area contributed by atoms with Gasteiger partial charge in [-0.05, 0) is 57.4 Å². The number of rotatable bonds is 5. The van der Waals surface area contributed by atoms with Gasteiger partial charge in [0.25, 0.3) is 0 Å². The van der Waals surface area contributed by atoms with Crippen molar-refractivity contribution >= 4 is 29.1 Å². The third kappa shape index (κ3) is 3.90. The van der Waals surface area contributed by atoms with Crippen molar-refractivity contribution in [2.45, 2.75) is 45.6 Å².